The largest absolute Gasteiger partial charge is 0.471 e. The number of benzene rings is 1. The fourth-order valence-electron chi connectivity index (χ4n) is 2.34. The molecule has 1 aromatic carbocycles. The first-order chi connectivity index (χ1) is 10.2. The summed E-state index contributed by atoms with van der Waals surface area (Å²) in [6, 6.07) is 5.00. The number of sulfone groups is 1. The number of aryl methyl sites for hydroxylation is 1. The Balaban J connectivity index is 2.52. The molecule has 1 amide bonds. The summed E-state index contributed by atoms with van der Waals surface area (Å²) in [4.78, 5) is 12.3. The third-order valence-electron chi connectivity index (χ3n) is 3.34. The number of hydrogen-bond donors (Lipinski definition) is 0. The van der Waals surface area contributed by atoms with Crippen LogP contribution in [0.4, 0.5) is 18.9 Å². The lowest BCUT2D eigenvalue weighted by molar-refractivity contribution is -0.170. The van der Waals surface area contributed by atoms with Crippen molar-refractivity contribution in [1.29, 1.82) is 0 Å². The summed E-state index contributed by atoms with van der Waals surface area (Å²) in [6.45, 7) is 1.75. The zero-order chi connectivity index (χ0) is 16.5. The van der Waals surface area contributed by atoms with Crippen molar-refractivity contribution in [3.05, 3.63) is 41.3 Å². The van der Waals surface area contributed by atoms with Crippen LogP contribution in [0.3, 0.4) is 0 Å². The second-order valence-corrected chi connectivity index (χ2v) is 6.81. The minimum atomic E-state index is -5.08. The number of carbonyl (C=O) groups excluding carboxylic acids is 1. The summed E-state index contributed by atoms with van der Waals surface area (Å²) in [5, 5.41) is 0.850. The summed E-state index contributed by atoms with van der Waals surface area (Å²) in [5.74, 6) is -2.62. The normalized spacial score (nSPS) is 20.1. The molecule has 0 N–H and O–H groups in total. The number of rotatable bonds is 3. The molecule has 120 valence electrons. The number of carbonyl (C=O) groups is 1. The fourth-order valence-corrected chi connectivity index (χ4v) is 3.61. The fraction of sp³-hybridized carbons (Fsp3) is 0.357. The number of hydrogen-bond acceptors (Lipinski definition) is 3. The van der Waals surface area contributed by atoms with E-state index >= 15 is 0 Å². The van der Waals surface area contributed by atoms with E-state index in [1.165, 1.54) is 12.1 Å². The van der Waals surface area contributed by atoms with Gasteiger partial charge in [-0.25, -0.2) is 8.42 Å². The van der Waals surface area contributed by atoms with Gasteiger partial charge >= 0.3 is 12.1 Å². The van der Waals surface area contributed by atoms with Crippen molar-refractivity contribution in [3.63, 3.8) is 0 Å². The zero-order valence-corrected chi connectivity index (χ0v) is 12.5. The molecule has 22 heavy (non-hydrogen) atoms. The van der Waals surface area contributed by atoms with E-state index in [1.807, 2.05) is 0 Å². The minimum absolute atomic E-state index is 0.0825. The van der Waals surface area contributed by atoms with Gasteiger partial charge in [-0.05, 0) is 24.1 Å². The van der Waals surface area contributed by atoms with Crippen molar-refractivity contribution in [2.45, 2.75) is 25.6 Å². The van der Waals surface area contributed by atoms with Gasteiger partial charge in [0.05, 0.1) is 11.8 Å². The lowest BCUT2D eigenvalue weighted by atomic mass is 10.1. The molecule has 0 saturated carbocycles. The summed E-state index contributed by atoms with van der Waals surface area (Å²) in [5.41, 5.74) is 0.622. The van der Waals surface area contributed by atoms with Crippen LogP contribution in [0.15, 0.2) is 35.7 Å². The van der Waals surface area contributed by atoms with Gasteiger partial charge in [0, 0.05) is 11.1 Å². The van der Waals surface area contributed by atoms with Crippen LogP contribution in [0.2, 0.25) is 0 Å². The molecule has 1 atom stereocenters. The van der Waals surface area contributed by atoms with Crippen molar-refractivity contribution in [2.75, 3.05) is 10.7 Å². The predicted molar refractivity (Wildman–Crippen MR) is 76.1 cm³/mol. The quantitative estimate of drug-likeness (QED) is 0.854. The van der Waals surface area contributed by atoms with Gasteiger partial charge in [-0.15, -0.1) is 0 Å². The highest BCUT2D eigenvalue weighted by Gasteiger charge is 2.46. The molecule has 0 fully saturated rings. The molecule has 8 heteroatoms. The SMILES string of the molecule is CCc1ccccc1N(C(=O)C(F)(F)F)[C@@H]1C=CS(=O)(=O)C1. The Bertz CT molecular complexity index is 710. The molecule has 1 aliphatic heterocycles. The lowest BCUT2D eigenvalue weighted by Gasteiger charge is -2.30. The maximum absolute atomic E-state index is 12.9. The Morgan fingerprint density at radius 1 is 1.32 bits per heavy atom. The van der Waals surface area contributed by atoms with Crippen LogP contribution in [-0.2, 0) is 21.1 Å². The maximum atomic E-state index is 12.9. The summed E-state index contributed by atoms with van der Waals surface area (Å²) >= 11 is 0. The minimum Gasteiger partial charge on any atom is -0.296 e. The van der Waals surface area contributed by atoms with Gasteiger partial charge in [0.2, 0.25) is 0 Å². The molecule has 0 unspecified atom stereocenters. The number of para-hydroxylation sites is 1. The summed E-state index contributed by atoms with van der Waals surface area (Å²) in [7, 11) is -3.59. The number of halogens is 3. The molecule has 0 bridgehead atoms. The maximum Gasteiger partial charge on any atom is 0.471 e. The molecule has 4 nitrogen and oxygen atoms in total. The van der Waals surface area contributed by atoms with E-state index in [4.69, 9.17) is 0 Å². The molecule has 1 aromatic rings. The van der Waals surface area contributed by atoms with Crippen molar-refractivity contribution in [1.82, 2.24) is 0 Å². The molecule has 0 saturated heterocycles. The highest BCUT2D eigenvalue weighted by Crippen LogP contribution is 2.31. The van der Waals surface area contributed by atoms with Crippen LogP contribution >= 0.6 is 0 Å². The van der Waals surface area contributed by atoms with Gasteiger partial charge in [0.1, 0.15) is 0 Å². The second kappa shape index (κ2) is 5.75. The Labute approximate surface area is 126 Å². The number of alkyl halides is 3. The molecule has 0 aliphatic carbocycles. The Kier molecular flexibility index (Phi) is 4.32. The van der Waals surface area contributed by atoms with Crippen LogP contribution < -0.4 is 4.90 Å². The predicted octanol–water partition coefficient (Wildman–Crippen LogP) is 2.46. The van der Waals surface area contributed by atoms with Crippen LogP contribution in [-0.4, -0.2) is 32.3 Å². The van der Waals surface area contributed by atoms with E-state index in [1.54, 1.807) is 19.1 Å². The molecular formula is C14H14F3NO3S. The molecule has 1 aliphatic rings. The van der Waals surface area contributed by atoms with E-state index in [0.29, 0.717) is 16.9 Å². The molecule has 2 rings (SSSR count). The van der Waals surface area contributed by atoms with E-state index in [2.05, 4.69) is 0 Å². The molecule has 0 radical (unpaired) electrons. The first kappa shape index (κ1) is 16.5. The van der Waals surface area contributed by atoms with Gasteiger partial charge < -0.3 is 0 Å². The van der Waals surface area contributed by atoms with Gasteiger partial charge in [-0.1, -0.05) is 25.1 Å². The Morgan fingerprint density at radius 2 is 1.95 bits per heavy atom. The number of anilines is 1. The van der Waals surface area contributed by atoms with Gasteiger partial charge in [0.25, 0.3) is 0 Å². The van der Waals surface area contributed by atoms with Crippen LogP contribution in [0.5, 0.6) is 0 Å². The third kappa shape index (κ3) is 3.32. The van der Waals surface area contributed by atoms with Crippen LogP contribution in [0, 0.1) is 0 Å². The molecule has 0 spiro atoms. The van der Waals surface area contributed by atoms with Crippen molar-refractivity contribution < 1.29 is 26.4 Å². The number of amides is 1. The average molecular weight is 333 g/mol. The molecule has 0 aromatic heterocycles. The number of nitrogens with zero attached hydrogens (tertiary/aromatic N) is 1. The first-order valence-corrected chi connectivity index (χ1v) is 8.26. The van der Waals surface area contributed by atoms with Crippen molar-refractivity contribution in [3.8, 4) is 0 Å². The second-order valence-electron chi connectivity index (χ2n) is 4.88. The topological polar surface area (TPSA) is 54.5 Å². The average Bonchev–Trinajstić information content (AvgIpc) is 2.78. The molecule has 1 heterocycles. The van der Waals surface area contributed by atoms with Crippen molar-refractivity contribution >= 4 is 21.4 Å². The van der Waals surface area contributed by atoms with Gasteiger partial charge in [-0.2, -0.15) is 13.2 Å². The van der Waals surface area contributed by atoms with Gasteiger partial charge in [0.15, 0.2) is 9.84 Å². The lowest BCUT2D eigenvalue weighted by Crippen LogP contribution is -2.48. The highest BCUT2D eigenvalue weighted by molar-refractivity contribution is 7.94. The van der Waals surface area contributed by atoms with E-state index < -0.39 is 33.7 Å². The third-order valence-corrected chi connectivity index (χ3v) is 4.71. The highest BCUT2D eigenvalue weighted by atomic mass is 32.2. The van der Waals surface area contributed by atoms with Crippen LogP contribution in [0.25, 0.3) is 0 Å². The Hall–Kier alpha value is -1.83. The van der Waals surface area contributed by atoms with Crippen molar-refractivity contribution in [2.24, 2.45) is 0 Å². The standard InChI is InChI=1S/C14H14F3NO3S/c1-2-10-5-3-4-6-12(10)18(13(19)14(15,16)17)11-7-8-22(20,21)9-11/h3-8,11H,2,9H2,1H3/t11-/m1/s1. The van der Waals surface area contributed by atoms with E-state index in [9.17, 15) is 26.4 Å². The first-order valence-electron chi connectivity index (χ1n) is 6.55. The zero-order valence-electron chi connectivity index (χ0n) is 11.7. The monoisotopic (exact) mass is 333 g/mol. The van der Waals surface area contributed by atoms with E-state index in [-0.39, 0.29) is 5.69 Å². The molecular weight excluding hydrogens is 319 g/mol. The Morgan fingerprint density at radius 3 is 2.45 bits per heavy atom. The van der Waals surface area contributed by atoms with E-state index in [0.717, 1.165) is 11.5 Å². The summed E-state index contributed by atoms with van der Waals surface area (Å²) in [6.07, 6.45) is -3.55. The van der Waals surface area contributed by atoms with Crippen LogP contribution in [0.1, 0.15) is 12.5 Å². The van der Waals surface area contributed by atoms with Gasteiger partial charge in [-0.3, -0.25) is 9.69 Å². The summed E-state index contributed by atoms with van der Waals surface area (Å²) < 4.78 is 61.7. The smallest absolute Gasteiger partial charge is 0.296 e.